The minimum absolute atomic E-state index is 0.0733. The van der Waals surface area contributed by atoms with Gasteiger partial charge in [-0.2, -0.15) is 0 Å². The SMILES string of the molecule is CCN(C)[C@@H](O)C(S[C@@H]1O[C@H](CO)[C@H](O)[C@H](n2cc(-c3cc(F)c(F)c(F)c3)nn2)[C@H]1O)C1(O)CCN(C(=O)OC)CC1. The first kappa shape index (κ1) is 33.4. The van der Waals surface area contributed by atoms with Gasteiger partial charge in [0.2, 0.25) is 0 Å². The van der Waals surface area contributed by atoms with Gasteiger partial charge in [-0.25, -0.2) is 22.6 Å². The number of carbonyl (C=O) groups excluding carboxylic acids is 1. The van der Waals surface area contributed by atoms with Crippen molar-refractivity contribution in [1.29, 1.82) is 0 Å². The third-order valence-electron chi connectivity index (χ3n) is 8.04. The number of carbonyl (C=O) groups is 1. The van der Waals surface area contributed by atoms with Crippen LogP contribution in [0.4, 0.5) is 18.0 Å². The van der Waals surface area contributed by atoms with Crippen LogP contribution in [0.3, 0.4) is 0 Å². The predicted octanol–water partition coefficient (Wildman–Crippen LogP) is 0.308. The minimum Gasteiger partial charge on any atom is -0.453 e. The van der Waals surface area contributed by atoms with Crippen molar-refractivity contribution >= 4 is 17.9 Å². The molecule has 0 spiro atoms. The number of halogens is 3. The number of nitrogens with zero attached hydrogens (tertiary/aromatic N) is 5. The summed E-state index contributed by atoms with van der Waals surface area (Å²) in [6.07, 6.45) is -4.77. The molecule has 1 aromatic carbocycles. The molecule has 0 radical (unpaired) electrons. The van der Waals surface area contributed by atoms with Gasteiger partial charge in [-0.15, -0.1) is 16.9 Å². The van der Waals surface area contributed by atoms with E-state index in [0.29, 0.717) is 6.54 Å². The summed E-state index contributed by atoms with van der Waals surface area (Å²) in [6, 6.07) is 0.153. The highest BCUT2D eigenvalue weighted by Crippen LogP contribution is 2.43. The number of hydrogen-bond donors (Lipinski definition) is 5. The normalized spacial score (nSPS) is 27.3. The predicted molar refractivity (Wildman–Crippen MR) is 146 cm³/mol. The molecule has 13 nitrogen and oxygen atoms in total. The molecule has 7 atom stereocenters. The molecule has 1 aromatic heterocycles. The van der Waals surface area contributed by atoms with Crippen LogP contribution in [0.5, 0.6) is 0 Å². The average molecular weight is 636 g/mol. The molecule has 2 aliphatic rings. The van der Waals surface area contributed by atoms with Crippen LogP contribution in [0, 0.1) is 17.5 Å². The maximum absolute atomic E-state index is 13.8. The molecule has 43 heavy (non-hydrogen) atoms. The van der Waals surface area contributed by atoms with E-state index < -0.39 is 77.0 Å². The van der Waals surface area contributed by atoms with E-state index in [9.17, 15) is 43.5 Å². The summed E-state index contributed by atoms with van der Waals surface area (Å²) < 4.78 is 52.8. The zero-order chi connectivity index (χ0) is 31.6. The number of piperidine rings is 1. The number of aromatic nitrogens is 3. The second kappa shape index (κ2) is 13.6. The quantitative estimate of drug-likeness (QED) is 0.189. The Bertz CT molecular complexity index is 1250. The van der Waals surface area contributed by atoms with Crippen LogP contribution < -0.4 is 0 Å². The van der Waals surface area contributed by atoms with Crippen LogP contribution in [0.25, 0.3) is 11.3 Å². The number of aliphatic hydroxyl groups is 5. The summed E-state index contributed by atoms with van der Waals surface area (Å²) in [7, 11) is 2.89. The number of amides is 1. The van der Waals surface area contributed by atoms with E-state index in [4.69, 9.17) is 9.47 Å². The van der Waals surface area contributed by atoms with Gasteiger partial charge in [0.25, 0.3) is 0 Å². The third kappa shape index (κ3) is 6.78. The Morgan fingerprint density at radius 3 is 2.42 bits per heavy atom. The molecule has 2 aliphatic heterocycles. The summed E-state index contributed by atoms with van der Waals surface area (Å²) in [5, 5.41) is 62.2. The molecule has 2 fully saturated rings. The number of hydrogen-bond acceptors (Lipinski definition) is 12. The lowest BCUT2D eigenvalue weighted by atomic mass is 9.87. The van der Waals surface area contributed by atoms with Gasteiger partial charge < -0.3 is 39.9 Å². The standard InChI is InChI=1S/C26H36F3N5O8S/c1-4-32(2)23(38)22(26(40)5-7-33(8-6-26)25(39)41-3)43-24-21(37)19(20(36)17(12-35)42-24)34-11-16(30-31-34)13-9-14(27)18(29)15(28)10-13/h9-11,17,19-24,35-38,40H,4-8,12H2,1-3H3/t17-,19+,20+,21-,22?,23+,24+/m1/s1. The van der Waals surface area contributed by atoms with Crippen molar-refractivity contribution in [3.8, 4) is 11.3 Å². The first-order valence-electron chi connectivity index (χ1n) is 13.6. The Morgan fingerprint density at radius 1 is 1.23 bits per heavy atom. The van der Waals surface area contributed by atoms with Crippen molar-refractivity contribution in [2.75, 3.05) is 40.4 Å². The highest BCUT2D eigenvalue weighted by Gasteiger charge is 2.52. The number of methoxy groups -OCH3 is 1. The minimum atomic E-state index is -1.65. The van der Waals surface area contributed by atoms with E-state index in [2.05, 4.69) is 10.3 Å². The second-order valence-corrected chi connectivity index (χ2v) is 11.9. The molecular weight excluding hydrogens is 599 g/mol. The monoisotopic (exact) mass is 635 g/mol. The zero-order valence-electron chi connectivity index (χ0n) is 23.8. The molecular formula is C26H36F3N5O8S. The topological polar surface area (TPSA) is 174 Å². The Labute approximate surface area is 249 Å². The lowest BCUT2D eigenvalue weighted by Gasteiger charge is -2.48. The molecule has 3 heterocycles. The van der Waals surface area contributed by atoms with Crippen LogP contribution in [0.15, 0.2) is 18.3 Å². The first-order chi connectivity index (χ1) is 20.3. The maximum atomic E-state index is 13.8. The zero-order valence-corrected chi connectivity index (χ0v) is 24.6. The molecule has 1 amide bonds. The number of aliphatic hydroxyl groups excluding tert-OH is 4. The van der Waals surface area contributed by atoms with Crippen LogP contribution in [0.2, 0.25) is 0 Å². The van der Waals surface area contributed by atoms with Crippen molar-refractivity contribution in [1.82, 2.24) is 24.8 Å². The largest absolute Gasteiger partial charge is 0.453 e. The highest BCUT2D eigenvalue weighted by atomic mass is 32.2. The van der Waals surface area contributed by atoms with Gasteiger partial charge in [-0.1, -0.05) is 12.1 Å². The molecule has 5 N–H and O–H groups in total. The molecule has 0 bridgehead atoms. The lowest BCUT2D eigenvalue weighted by Crippen LogP contribution is -2.60. The van der Waals surface area contributed by atoms with E-state index in [0.717, 1.165) is 28.6 Å². The maximum Gasteiger partial charge on any atom is 0.409 e. The number of benzene rings is 1. The van der Waals surface area contributed by atoms with Crippen molar-refractivity contribution in [2.45, 2.75) is 66.6 Å². The van der Waals surface area contributed by atoms with E-state index in [1.54, 1.807) is 18.9 Å². The molecule has 0 aliphatic carbocycles. The number of thioether (sulfide) groups is 1. The Hall–Kier alpha value is -2.51. The van der Waals surface area contributed by atoms with Gasteiger partial charge in [0.05, 0.1) is 30.8 Å². The summed E-state index contributed by atoms with van der Waals surface area (Å²) in [5.41, 5.74) is -2.99. The summed E-state index contributed by atoms with van der Waals surface area (Å²) in [4.78, 5) is 15.0. The number of rotatable bonds is 9. The third-order valence-corrected chi connectivity index (χ3v) is 9.67. The highest BCUT2D eigenvalue weighted by molar-refractivity contribution is 8.00. The fourth-order valence-electron chi connectivity index (χ4n) is 5.28. The smallest absolute Gasteiger partial charge is 0.409 e. The van der Waals surface area contributed by atoms with Gasteiger partial charge in [-0.3, -0.25) is 4.90 Å². The first-order valence-corrected chi connectivity index (χ1v) is 14.6. The summed E-state index contributed by atoms with van der Waals surface area (Å²) in [5.74, 6) is -4.53. The van der Waals surface area contributed by atoms with E-state index in [-0.39, 0.29) is 37.2 Å². The van der Waals surface area contributed by atoms with Gasteiger partial charge in [0.15, 0.2) is 17.5 Å². The average Bonchev–Trinajstić information content (AvgIpc) is 3.48. The van der Waals surface area contributed by atoms with Crippen LogP contribution in [-0.4, -0.2) is 138 Å². The fourth-order valence-corrected chi connectivity index (χ4v) is 6.93. The number of likely N-dealkylation sites (tertiary alicyclic amines) is 1. The van der Waals surface area contributed by atoms with Gasteiger partial charge in [-0.05, 0) is 38.6 Å². The lowest BCUT2D eigenvalue weighted by molar-refractivity contribution is -0.179. The van der Waals surface area contributed by atoms with Crippen LogP contribution in [-0.2, 0) is 9.47 Å². The van der Waals surface area contributed by atoms with Gasteiger partial charge in [0, 0.05) is 18.7 Å². The van der Waals surface area contributed by atoms with Crippen molar-refractivity contribution in [3.05, 3.63) is 35.8 Å². The van der Waals surface area contributed by atoms with E-state index in [1.807, 2.05) is 0 Å². The summed E-state index contributed by atoms with van der Waals surface area (Å²) >= 11 is 0.901. The molecule has 2 saturated heterocycles. The van der Waals surface area contributed by atoms with E-state index >= 15 is 0 Å². The Kier molecular flexibility index (Phi) is 10.6. The van der Waals surface area contributed by atoms with Crippen LogP contribution in [0.1, 0.15) is 25.8 Å². The molecule has 240 valence electrons. The van der Waals surface area contributed by atoms with Gasteiger partial charge >= 0.3 is 6.09 Å². The Balaban J connectivity index is 1.63. The van der Waals surface area contributed by atoms with Crippen molar-refractivity contribution in [3.63, 3.8) is 0 Å². The molecule has 2 aromatic rings. The molecule has 17 heteroatoms. The van der Waals surface area contributed by atoms with Gasteiger partial charge in [0.1, 0.15) is 41.7 Å². The van der Waals surface area contributed by atoms with Crippen molar-refractivity contribution in [2.24, 2.45) is 0 Å². The number of ether oxygens (including phenoxy) is 2. The van der Waals surface area contributed by atoms with E-state index in [1.165, 1.54) is 18.2 Å². The Morgan fingerprint density at radius 2 is 1.86 bits per heavy atom. The molecule has 4 rings (SSSR count). The second-order valence-electron chi connectivity index (χ2n) is 10.6. The fraction of sp³-hybridized carbons (Fsp3) is 0.654. The molecule has 0 saturated carbocycles. The van der Waals surface area contributed by atoms with Crippen LogP contribution >= 0.6 is 11.8 Å². The summed E-state index contributed by atoms with van der Waals surface area (Å²) in [6.45, 7) is 1.82. The van der Waals surface area contributed by atoms with Crippen molar-refractivity contribution < 1.29 is 53.0 Å². The molecule has 1 unspecified atom stereocenters.